The van der Waals surface area contributed by atoms with Crippen LogP contribution in [-0.2, 0) is 4.79 Å². The minimum atomic E-state index is 0.226. The normalized spacial score (nSPS) is 36.2. The number of hydrogen-bond acceptors (Lipinski definition) is 1. The molecular weight excluding hydrogens is 138 g/mol. The molecule has 0 aromatic heterocycles. The largest absolute Gasteiger partial charge is 0.352 e. The second kappa shape index (κ2) is 2.68. The van der Waals surface area contributed by atoms with Crippen molar-refractivity contribution in [1.82, 2.24) is 5.32 Å². The van der Waals surface area contributed by atoms with E-state index >= 15 is 0 Å². The van der Waals surface area contributed by atoms with E-state index in [0.717, 1.165) is 18.8 Å². The highest BCUT2D eigenvalue weighted by atomic mass is 16.2. The molecule has 11 heavy (non-hydrogen) atoms. The molecule has 2 atom stereocenters. The molecule has 0 radical (unpaired) electrons. The first-order valence-corrected chi connectivity index (χ1v) is 4.30. The van der Waals surface area contributed by atoms with Crippen LogP contribution in [0.1, 0.15) is 25.7 Å². The number of rotatable bonds is 1. The van der Waals surface area contributed by atoms with E-state index in [1.165, 1.54) is 12.8 Å². The Morgan fingerprint density at radius 3 is 2.82 bits per heavy atom. The number of β-lactam (4-membered cyclic amide) rings is 1. The fraction of sp³-hybridized carbons (Fsp3) is 0.667. The Balaban J connectivity index is 1.86. The van der Waals surface area contributed by atoms with Crippen LogP contribution in [0.5, 0.6) is 0 Å². The van der Waals surface area contributed by atoms with Crippen molar-refractivity contribution in [2.45, 2.75) is 31.7 Å². The number of amides is 1. The standard InChI is InChI=1S/C9H13NO/c11-9-6-8(10-9)7-4-2-1-3-5-7/h1-2,7-8H,3-6H2,(H,10,11). The molecule has 2 rings (SSSR count). The first kappa shape index (κ1) is 6.89. The van der Waals surface area contributed by atoms with Gasteiger partial charge in [0.05, 0.1) is 0 Å². The van der Waals surface area contributed by atoms with Crippen LogP contribution in [0.3, 0.4) is 0 Å². The van der Waals surface area contributed by atoms with Gasteiger partial charge in [0.15, 0.2) is 0 Å². The topological polar surface area (TPSA) is 29.1 Å². The second-order valence-electron chi connectivity index (χ2n) is 3.42. The van der Waals surface area contributed by atoms with Gasteiger partial charge in [-0.2, -0.15) is 0 Å². The lowest BCUT2D eigenvalue weighted by Gasteiger charge is -2.35. The Labute approximate surface area is 66.7 Å². The van der Waals surface area contributed by atoms with Crippen LogP contribution >= 0.6 is 0 Å². The van der Waals surface area contributed by atoms with Crippen molar-refractivity contribution < 1.29 is 4.79 Å². The SMILES string of the molecule is O=C1CC(C2CC=CCC2)N1. The van der Waals surface area contributed by atoms with E-state index in [9.17, 15) is 4.79 Å². The van der Waals surface area contributed by atoms with Crippen LogP contribution in [0.4, 0.5) is 0 Å². The molecule has 0 aromatic carbocycles. The summed E-state index contributed by atoms with van der Waals surface area (Å²) in [5.41, 5.74) is 0. The van der Waals surface area contributed by atoms with Gasteiger partial charge in [-0.05, 0) is 25.2 Å². The van der Waals surface area contributed by atoms with Gasteiger partial charge in [0.2, 0.25) is 5.91 Å². The second-order valence-corrected chi connectivity index (χ2v) is 3.42. The van der Waals surface area contributed by atoms with Gasteiger partial charge in [0, 0.05) is 12.5 Å². The Bertz CT molecular complexity index is 190. The molecule has 1 aliphatic heterocycles. The van der Waals surface area contributed by atoms with E-state index in [1.807, 2.05) is 0 Å². The predicted molar refractivity (Wildman–Crippen MR) is 43.0 cm³/mol. The van der Waals surface area contributed by atoms with E-state index < -0.39 is 0 Å². The van der Waals surface area contributed by atoms with Gasteiger partial charge in [-0.1, -0.05) is 12.2 Å². The fourth-order valence-electron chi connectivity index (χ4n) is 1.85. The minimum Gasteiger partial charge on any atom is -0.352 e. The first-order valence-electron chi connectivity index (χ1n) is 4.30. The zero-order valence-electron chi connectivity index (χ0n) is 6.55. The van der Waals surface area contributed by atoms with Crippen molar-refractivity contribution in [1.29, 1.82) is 0 Å². The van der Waals surface area contributed by atoms with Crippen LogP contribution in [0.2, 0.25) is 0 Å². The minimum absolute atomic E-state index is 0.226. The maximum Gasteiger partial charge on any atom is 0.222 e. The summed E-state index contributed by atoms with van der Waals surface area (Å²) in [4.78, 5) is 10.6. The van der Waals surface area contributed by atoms with Crippen LogP contribution < -0.4 is 5.32 Å². The zero-order valence-corrected chi connectivity index (χ0v) is 6.55. The number of carbonyl (C=O) groups excluding carboxylic acids is 1. The molecule has 0 bridgehead atoms. The molecule has 1 N–H and O–H groups in total. The van der Waals surface area contributed by atoms with Gasteiger partial charge in [-0.15, -0.1) is 0 Å². The summed E-state index contributed by atoms with van der Waals surface area (Å²) in [7, 11) is 0. The van der Waals surface area contributed by atoms with Crippen LogP contribution in [0.25, 0.3) is 0 Å². The van der Waals surface area contributed by atoms with E-state index in [-0.39, 0.29) is 5.91 Å². The van der Waals surface area contributed by atoms with Gasteiger partial charge in [0.25, 0.3) is 0 Å². The number of hydrogen-bond donors (Lipinski definition) is 1. The van der Waals surface area contributed by atoms with Crippen LogP contribution in [0, 0.1) is 5.92 Å². The van der Waals surface area contributed by atoms with Crippen molar-refractivity contribution in [3.8, 4) is 0 Å². The third kappa shape index (κ3) is 1.30. The molecule has 2 unspecified atom stereocenters. The molecule has 1 saturated heterocycles. The fourth-order valence-corrected chi connectivity index (χ4v) is 1.85. The zero-order chi connectivity index (χ0) is 7.68. The molecule has 1 amide bonds. The molecule has 60 valence electrons. The highest BCUT2D eigenvalue weighted by Crippen LogP contribution is 2.26. The van der Waals surface area contributed by atoms with E-state index in [4.69, 9.17) is 0 Å². The van der Waals surface area contributed by atoms with E-state index in [1.54, 1.807) is 0 Å². The van der Waals surface area contributed by atoms with Crippen molar-refractivity contribution in [3.63, 3.8) is 0 Å². The van der Waals surface area contributed by atoms with Crippen molar-refractivity contribution in [3.05, 3.63) is 12.2 Å². The summed E-state index contributed by atoms with van der Waals surface area (Å²) < 4.78 is 0. The van der Waals surface area contributed by atoms with E-state index in [2.05, 4.69) is 17.5 Å². The average molecular weight is 151 g/mol. The molecule has 0 spiro atoms. The lowest BCUT2D eigenvalue weighted by atomic mass is 9.83. The van der Waals surface area contributed by atoms with Crippen molar-refractivity contribution >= 4 is 5.91 Å². The van der Waals surface area contributed by atoms with E-state index in [0.29, 0.717) is 6.04 Å². The Hall–Kier alpha value is -0.790. The molecule has 1 fully saturated rings. The average Bonchev–Trinajstić information content (AvgIpc) is 2.01. The quantitative estimate of drug-likeness (QED) is 0.443. The summed E-state index contributed by atoms with van der Waals surface area (Å²) in [6, 6.07) is 0.493. The van der Waals surface area contributed by atoms with Gasteiger partial charge in [-0.25, -0.2) is 0 Å². The molecule has 1 heterocycles. The third-order valence-electron chi connectivity index (χ3n) is 2.63. The van der Waals surface area contributed by atoms with Gasteiger partial charge < -0.3 is 5.32 Å². The van der Waals surface area contributed by atoms with Gasteiger partial charge >= 0.3 is 0 Å². The van der Waals surface area contributed by atoms with Crippen molar-refractivity contribution in [2.75, 3.05) is 0 Å². The molecule has 0 saturated carbocycles. The summed E-state index contributed by atoms with van der Waals surface area (Å²) >= 11 is 0. The molecule has 0 aromatic rings. The van der Waals surface area contributed by atoms with Gasteiger partial charge in [0.1, 0.15) is 0 Å². The third-order valence-corrected chi connectivity index (χ3v) is 2.63. The smallest absolute Gasteiger partial charge is 0.222 e. The molecule has 2 heteroatoms. The highest BCUT2D eigenvalue weighted by molar-refractivity contribution is 5.82. The molecule has 2 nitrogen and oxygen atoms in total. The summed E-state index contributed by atoms with van der Waals surface area (Å²) in [5, 5.41) is 2.94. The monoisotopic (exact) mass is 151 g/mol. The van der Waals surface area contributed by atoms with Crippen LogP contribution in [0.15, 0.2) is 12.2 Å². The van der Waals surface area contributed by atoms with Gasteiger partial charge in [-0.3, -0.25) is 4.79 Å². The lowest BCUT2D eigenvalue weighted by molar-refractivity contribution is -0.129. The number of carbonyl (C=O) groups is 1. The van der Waals surface area contributed by atoms with Crippen LogP contribution in [-0.4, -0.2) is 11.9 Å². The molecule has 2 aliphatic rings. The predicted octanol–water partition coefficient (Wildman–Crippen LogP) is 1.23. The van der Waals surface area contributed by atoms with Crippen molar-refractivity contribution in [2.24, 2.45) is 5.92 Å². The number of allylic oxidation sites excluding steroid dienone is 2. The summed E-state index contributed by atoms with van der Waals surface area (Å²) in [5.74, 6) is 0.947. The molecular formula is C9H13NO. The summed E-state index contributed by atoms with van der Waals surface area (Å²) in [6.07, 6.45) is 8.83. The lowest BCUT2D eigenvalue weighted by Crippen LogP contribution is -2.52. The maximum absolute atomic E-state index is 10.6. The first-order chi connectivity index (χ1) is 5.36. The summed E-state index contributed by atoms with van der Waals surface area (Å²) in [6.45, 7) is 0. The molecule has 1 aliphatic carbocycles. The maximum atomic E-state index is 10.6. The Morgan fingerprint density at radius 2 is 2.27 bits per heavy atom. The number of nitrogens with one attached hydrogen (secondary N) is 1. The Morgan fingerprint density at radius 1 is 1.45 bits per heavy atom. The highest BCUT2D eigenvalue weighted by Gasteiger charge is 2.32. The Kier molecular flexibility index (Phi) is 1.68.